The fraction of sp³-hybridized carbons (Fsp3) is 0.258. The lowest BCUT2D eigenvalue weighted by molar-refractivity contribution is -0.734. The summed E-state index contributed by atoms with van der Waals surface area (Å²) in [6.45, 7) is 3.03. The number of halogens is 3. The van der Waals surface area contributed by atoms with E-state index in [1.165, 1.54) is 31.2 Å². The Kier molecular flexibility index (Phi) is 10.1. The van der Waals surface area contributed by atoms with Gasteiger partial charge in [-0.05, 0) is 55.8 Å². The van der Waals surface area contributed by atoms with Crippen LogP contribution in [-0.4, -0.2) is 65.7 Å². The summed E-state index contributed by atoms with van der Waals surface area (Å²) in [5, 5.41) is 20.5. The third kappa shape index (κ3) is 8.45. The number of aromatic nitrogens is 2. The highest BCUT2D eigenvalue weighted by Gasteiger charge is 2.37. The molecule has 2 heterocycles. The van der Waals surface area contributed by atoms with E-state index in [-0.39, 0.29) is 40.0 Å². The number of nitrogens with one attached hydrogen (secondary N) is 1. The van der Waals surface area contributed by atoms with Crippen molar-refractivity contribution in [3.05, 3.63) is 107 Å². The van der Waals surface area contributed by atoms with Crippen LogP contribution in [0.25, 0.3) is 16.9 Å². The third-order valence-corrected chi connectivity index (χ3v) is 8.57. The summed E-state index contributed by atoms with van der Waals surface area (Å²) in [5.41, 5.74) is 0.775. The highest BCUT2D eigenvalue weighted by atomic mass is 32.2. The van der Waals surface area contributed by atoms with Crippen LogP contribution < -0.4 is 4.72 Å². The molecule has 1 saturated heterocycles. The number of amides is 1. The number of sulfonamides is 1. The van der Waals surface area contributed by atoms with Crippen molar-refractivity contribution in [3.63, 3.8) is 0 Å². The summed E-state index contributed by atoms with van der Waals surface area (Å²) in [4.78, 5) is 29.1. The Morgan fingerprint density at radius 2 is 1.76 bits per heavy atom. The fourth-order valence-corrected chi connectivity index (χ4v) is 5.46. The van der Waals surface area contributed by atoms with E-state index in [1.54, 1.807) is 47.2 Å². The molecule has 1 aliphatic rings. The summed E-state index contributed by atoms with van der Waals surface area (Å²) in [5.74, 6) is -0.683. The van der Waals surface area contributed by atoms with E-state index in [0.29, 0.717) is 12.0 Å². The minimum atomic E-state index is -4.72. The lowest BCUT2D eigenvalue weighted by Gasteiger charge is -2.34. The van der Waals surface area contributed by atoms with Crippen LogP contribution in [-0.2, 0) is 30.5 Å². The van der Waals surface area contributed by atoms with Crippen molar-refractivity contribution in [3.8, 4) is 16.9 Å². The molecule has 1 unspecified atom stereocenters. The first kappa shape index (κ1) is 34.7. The zero-order valence-corrected chi connectivity index (χ0v) is 26.7. The summed E-state index contributed by atoms with van der Waals surface area (Å²) >= 11 is 0. The van der Waals surface area contributed by atoms with E-state index in [9.17, 15) is 36.4 Å². The molecule has 18 heteroatoms. The van der Waals surface area contributed by atoms with Gasteiger partial charge in [0.1, 0.15) is 12.6 Å². The van der Waals surface area contributed by atoms with E-state index < -0.39 is 46.3 Å². The number of hydrazine groups is 1. The lowest BCUT2D eigenvalue weighted by atomic mass is 10.1. The normalized spacial score (nSPS) is 15.6. The lowest BCUT2D eigenvalue weighted by Crippen LogP contribution is -2.54. The van der Waals surface area contributed by atoms with Crippen molar-refractivity contribution < 1.29 is 50.5 Å². The van der Waals surface area contributed by atoms with Gasteiger partial charge in [-0.15, -0.1) is 5.01 Å². The number of hydrogen-bond donors (Lipinski definition) is 1. The van der Waals surface area contributed by atoms with Gasteiger partial charge < -0.3 is 14.7 Å². The van der Waals surface area contributed by atoms with Gasteiger partial charge in [0.15, 0.2) is 5.69 Å². The number of hydrogen-bond acceptors (Lipinski definition) is 10. The SMILES string of the molecule is Cc1ccc(-c2cc(C(F)(F)F)nn2-c2ccc(S(=O)(=O)NC(=O)OC[C@@H]3CCN3/[N+]([O-])=N/OC(C)OC(=O)c3ccccc3)cc2)cc1. The van der Waals surface area contributed by atoms with E-state index >= 15 is 0 Å². The minimum Gasteiger partial charge on any atom is -0.569 e. The summed E-state index contributed by atoms with van der Waals surface area (Å²) in [6, 6.07) is 19.8. The van der Waals surface area contributed by atoms with E-state index in [0.717, 1.165) is 33.5 Å². The van der Waals surface area contributed by atoms with Crippen molar-refractivity contribution in [2.45, 2.75) is 43.7 Å². The predicted molar refractivity (Wildman–Crippen MR) is 164 cm³/mol. The van der Waals surface area contributed by atoms with Gasteiger partial charge in [0, 0.05) is 12.5 Å². The van der Waals surface area contributed by atoms with Gasteiger partial charge in [0.25, 0.3) is 16.3 Å². The maximum Gasteiger partial charge on any atom is 0.435 e. The molecule has 0 aliphatic carbocycles. The number of carbonyl (C=O) groups is 2. The molecule has 1 fully saturated rings. The van der Waals surface area contributed by atoms with Crippen LogP contribution in [0, 0.1) is 12.1 Å². The third-order valence-electron chi connectivity index (χ3n) is 7.24. The standard InChI is InChI=1S/C31H29F3N6O8S/c1-20-8-10-22(11-9-20)27-18-28(31(32,33)34)35-39(27)24-12-14-26(15-13-24)49(44,45)36-30(42)46-19-25-16-17-38(25)40(43)37-48-21(2)47-29(41)23-6-4-3-5-7-23/h3-15,18,21,25H,16-17,19H2,1-2H3,(H,36,42)/b40-37-/t21?,25-/m0/s1. The van der Waals surface area contributed by atoms with Gasteiger partial charge in [0.2, 0.25) is 5.28 Å². The van der Waals surface area contributed by atoms with Crippen molar-refractivity contribution in [1.82, 2.24) is 19.5 Å². The molecule has 5 rings (SSSR count). The van der Waals surface area contributed by atoms with Gasteiger partial charge >= 0.3 is 18.2 Å². The first-order valence-corrected chi connectivity index (χ1v) is 16.1. The predicted octanol–water partition coefficient (Wildman–Crippen LogP) is 5.37. The minimum absolute atomic E-state index is 0.0993. The Labute approximate surface area is 277 Å². The van der Waals surface area contributed by atoms with Crippen molar-refractivity contribution >= 4 is 22.1 Å². The highest BCUT2D eigenvalue weighted by molar-refractivity contribution is 7.90. The van der Waals surface area contributed by atoms with Gasteiger partial charge in [0.05, 0.1) is 33.4 Å². The highest BCUT2D eigenvalue weighted by Crippen LogP contribution is 2.33. The Morgan fingerprint density at radius 1 is 1.08 bits per heavy atom. The molecule has 0 spiro atoms. The van der Waals surface area contributed by atoms with E-state index in [2.05, 4.69) is 10.4 Å². The number of alkyl halides is 3. The second-order valence-electron chi connectivity index (χ2n) is 10.8. The topological polar surface area (TPSA) is 167 Å². The molecular formula is C31H29F3N6O8S. The van der Waals surface area contributed by atoms with Crippen LogP contribution in [0.5, 0.6) is 0 Å². The van der Waals surface area contributed by atoms with E-state index in [1.807, 2.05) is 6.92 Å². The molecule has 0 bridgehead atoms. The molecule has 1 aromatic heterocycles. The first-order chi connectivity index (χ1) is 23.2. The maximum atomic E-state index is 13.5. The zero-order valence-electron chi connectivity index (χ0n) is 25.9. The maximum absolute atomic E-state index is 13.5. The van der Waals surface area contributed by atoms with Gasteiger partial charge in [-0.25, -0.2) is 27.4 Å². The quantitative estimate of drug-likeness (QED) is 0.0706. The van der Waals surface area contributed by atoms with Crippen LogP contribution >= 0.6 is 0 Å². The largest absolute Gasteiger partial charge is 0.569 e. The van der Waals surface area contributed by atoms with Crippen LogP contribution in [0.3, 0.4) is 0 Å². The number of aryl methyl sites for hydroxylation is 1. The van der Waals surface area contributed by atoms with Crippen molar-refractivity contribution in [2.75, 3.05) is 13.2 Å². The summed E-state index contributed by atoms with van der Waals surface area (Å²) < 4.78 is 79.1. The molecule has 1 aliphatic heterocycles. The molecule has 14 nitrogen and oxygen atoms in total. The van der Waals surface area contributed by atoms with Gasteiger partial charge in [-0.3, -0.25) is 4.84 Å². The Morgan fingerprint density at radius 3 is 2.37 bits per heavy atom. The van der Waals surface area contributed by atoms with Crippen LogP contribution in [0.1, 0.15) is 35.0 Å². The van der Waals surface area contributed by atoms with Crippen molar-refractivity contribution in [1.29, 1.82) is 0 Å². The number of carbonyl (C=O) groups excluding carboxylic acids is 2. The summed E-state index contributed by atoms with van der Waals surface area (Å²) in [6.07, 6.45) is -6.84. The Hall–Kier alpha value is -5.65. The Balaban J connectivity index is 1.16. The molecule has 4 aromatic rings. The summed E-state index contributed by atoms with van der Waals surface area (Å²) in [7, 11) is -4.46. The second kappa shape index (κ2) is 14.2. The molecule has 1 N–H and O–H groups in total. The number of benzene rings is 3. The van der Waals surface area contributed by atoms with E-state index in [4.69, 9.17) is 14.3 Å². The number of esters is 1. The average molecular weight is 703 g/mol. The molecule has 0 saturated carbocycles. The number of ether oxygens (including phenoxy) is 2. The van der Waals surface area contributed by atoms with Gasteiger partial charge in [-0.1, -0.05) is 48.0 Å². The second-order valence-corrected chi connectivity index (χ2v) is 12.5. The fourth-order valence-electron chi connectivity index (χ4n) is 4.57. The Bertz CT molecular complexity index is 1940. The van der Waals surface area contributed by atoms with Crippen LogP contribution in [0.15, 0.2) is 95.1 Å². The molecule has 0 radical (unpaired) electrons. The molecule has 49 heavy (non-hydrogen) atoms. The molecular weight excluding hydrogens is 673 g/mol. The molecule has 3 aromatic carbocycles. The monoisotopic (exact) mass is 702 g/mol. The molecule has 2 atom stereocenters. The smallest absolute Gasteiger partial charge is 0.435 e. The average Bonchev–Trinajstić information content (AvgIpc) is 3.50. The molecule has 1 amide bonds. The van der Waals surface area contributed by atoms with Gasteiger partial charge in [-0.2, -0.15) is 18.3 Å². The zero-order chi connectivity index (χ0) is 35.3. The van der Waals surface area contributed by atoms with Crippen LogP contribution in [0.4, 0.5) is 18.0 Å². The molecule has 258 valence electrons. The first-order valence-electron chi connectivity index (χ1n) is 14.6. The van der Waals surface area contributed by atoms with Crippen molar-refractivity contribution in [2.24, 2.45) is 5.28 Å². The number of rotatable bonds is 11. The van der Waals surface area contributed by atoms with Crippen LogP contribution in [0.2, 0.25) is 0 Å². The number of nitrogens with zero attached hydrogens (tertiary/aromatic N) is 5.